The summed E-state index contributed by atoms with van der Waals surface area (Å²) in [6.45, 7) is 1.85. The Morgan fingerprint density at radius 2 is 1.79 bits per heavy atom. The summed E-state index contributed by atoms with van der Waals surface area (Å²) in [5.41, 5.74) is 0.968. The lowest BCUT2D eigenvalue weighted by Crippen LogP contribution is -2.22. The molecule has 0 aliphatic heterocycles. The number of rotatable bonds is 4. The number of halogens is 2. The van der Waals surface area contributed by atoms with Crippen molar-refractivity contribution in [3.05, 3.63) is 52.5 Å². The molecule has 0 aliphatic rings. The lowest BCUT2D eigenvalue weighted by Gasteiger charge is -2.16. The van der Waals surface area contributed by atoms with Crippen LogP contribution in [-0.4, -0.2) is 33.3 Å². The van der Waals surface area contributed by atoms with E-state index in [0.717, 1.165) is 5.56 Å². The van der Waals surface area contributed by atoms with E-state index in [1.54, 1.807) is 32.3 Å². The molecule has 1 amide bonds. The van der Waals surface area contributed by atoms with Gasteiger partial charge in [-0.15, -0.1) is 0 Å². The van der Waals surface area contributed by atoms with Crippen molar-refractivity contribution < 1.29 is 17.9 Å². The maximum Gasteiger partial charge on any atom is 0.261 e. The molecular weight excluding hydrogens is 373 g/mol. The first-order valence-corrected chi connectivity index (χ1v) is 9.52. The molecule has 2 aromatic rings. The van der Waals surface area contributed by atoms with Gasteiger partial charge in [0, 0.05) is 29.8 Å². The smallest absolute Gasteiger partial charge is 0.261 e. The molecule has 0 aliphatic carbocycles. The Hall–Kier alpha value is -1.76. The van der Waals surface area contributed by atoms with Crippen molar-refractivity contribution in [1.29, 1.82) is 0 Å². The number of nitrogens with zero attached hydrogens (tertiary/aromatic N) is 1. The molecule has 0 N–H and O–H groups in total. The summed E-state index contributed by atoms with van der Waals surface area (Å²) in [5.74, 6) is 0.225. The second kappa shape index (κ2) is 7.01. The quantitative estimate of drug-likeness (QED) is 0.741. The van der Waals surface area contributed by atoms with Crippen molar-refractivity contribution >= 4 is 37.2 Å². The highest BCUT2D eigenvalue weighted by molar-refractivity contribution is 8.13. The molecule has 8 heteroatoms. The van der Waals surface area contributed by atoms with Gasteiger partial charge < -0.3 is 9.64 Å². The Morgan fingerprint density at radius 1 is 1.12 bits per heavy atom. The summed E-state index contributed by atoms with van der Waals surface area (Å²) < 4.78 is 28.7. The van der Waals surface area contributed by atoms with E-state index in [0.29, 0.717) is 10.8 Å². The van der Waals surface area contributed by atoms with Crippen LogP contribution in [0.2, 0.25) is 5.02 Å². The molecule has 2 rings (SSSR count). The number of ether oxygens (including phenoxy) is 1. The highest BCUT2D eigenvalue weighted by Gasteiger charge is 2.20. The normalized spacial score (nSPS) is 11.2. The van der Waals surface area contributed by atoms with E-state index in [-0.39, 0.29) is 16.2 Å². The minimum Gasteiger partial charge on any atom is -0.456 e. The van der Waals surface area contributed by atoms with Crippen molar-refractivity contribution in [3.8, 4) is 11.5 Å². The van der Waals surface area contributed by atoms with Gasteiger partial charge in [-0.05, 0) is 42.8 Å². The summed E-state index contributed by atoms with van der Waals surface area (Å²) in [5, 5.41) is 0.521. The van der Waals surface area contributed by atoms with Gasteiger partial charge in [-0.2, -0.15) is 0 Å². The van der Waals surface area contributed by atoms with E-state index in [4.69, 9.17) is 27.0 Å². The summed E-state index contributed by atoms with van der Waals surface area (Å²) in [6.07, 6.45) is 0. The van der Waals surface area contributed by atoms with Gasteiger partial charge in [-0.25, -0.2) is 8.42 Å². The van der Waals surface area contributed by atoms with Gasteiger partial charge >= 0.3 is 0 Å². The van der Waals surface area contributed by atoms with Gasteiger partial charge in [-0.1, -0.05) is 17.7 Å². The Labute approximate surface area is 150 Å². The molecule has 0 saturated heterocycles. The van der Waals surface area contributed by atoms with Crippen LogP contribution in [0.5, 0.6) is 11.5 Å². The van der Waals surface area contributed by atoms with Crippen LogP contribution in [0.1, 0.15) is 15.9 Å². The number of amides is 1. The zero-order chi connectivity index (χ0) is 18.1. The molecule has 0 fully saturated rings. The van der Waals surface area contributed by atoms with Gasteiger partial charge in [0.25, 0.3) is 15.0 Å². The monoisotopic (exact) mass is 387 g/mol. The lowest BCUT2D eigenvalue weighted by atomic mass is 10.1. The van der Waals surface area contributed by atoms with Crippen molar-refractivity contribution in [3.63, 3.8) is 0 Å². The topological polar surface area (TPSA) is 63.7 Å². The summed E-state index contributed by atoms with van der Waals surface area (Å²) >= 11 is 6.07. The van der Waals surface area contributed by atoms with Gasteiger partial charge in [0.15, 0.2) is 0 Å². The standard InChI is InChI=1S/C16H15Cl2NO4S/c1-10-4-5-11(8-14(10)17)23-15-7-6-12(24(18,21)22)9-13(15)16(20)19(2)3/h4-9H,1-3H3. The van der Waals surface area contributed by atoms with E-state index in [1.807, 2.05) is 6.92 Å². The van der Waals surface area contributed by atoms with Crippen molar-refractivity contribution in [2.45, 2.75) is 11.8 Å². The maximum atomic E-state index is 12.3. The molecule has 0 heterocycles. The molecule has 0 saturated carbocycles. The van der Waals surface area contributed by atoms with Crippen LogP contribution in [0, 0.1) is 6.92 Å². The maximum absolute atomic E-state index is 12.3. The summed E-state index contributed by atoms with van der Waals surface area (Å²) in [4.78, 5) is 13.5. The molecule has 24 heavy (non-hydrogen) atoms. The zero-order valence-corrected chi connectivity index (χ0v) is 15.5. The Balaban J connectivity index is 2.52. The number of benzene rings is 2. The largest absolute Gasteiger partial charge is 0.456 e. The molecule has 0 bridgehead atoms. The van der Waals surface area contributed by atoms with E-state index >= 15 is 0 Å². The number of hydrogen-bond acceptors (Lipinski definition) is 4. The van der Waals surface area contributed by atoms with Crippen molar-refractivity contribution in [2.24, 2.45) is 0 Å². The second-order valence-corrected chi connectivity index (χ2v) is 8.28. The highest BCUT2D eigenvalue weighted by atomic mass is 35.7. The van der Waals surface area contributed by atoms with Gasteiger partial charge in [-0.3, -0.25) is 4.79 Å². The Kier molecular flexibility index (Phi) is 5.42. The van der Waals surface area contributed by atoms with E-state index in [2.05, 4.69) is 0 Å². The number of aryl methyl sites for hydroxylation is 1. The molecule has 0 aromatic heterocycles. The third-order valence-electron chi connectivity index (χ3n) is 3.24. The highest BCUT2D eigenvalue weighted by Crippen LogP contribution is 2.31. The molecule has 128 valence electrons. The van der Waals surface area contributed by atoms with Crippen LogP contribution in [0.4, 0.5) is 0 Å². The van der Waals surface area contributed by atoms with Crippen LogP contribution in [0.25, 0.3) is 0 Å². The predicted octanol–water partition coefficient (Wildman–Crippen LogP) is 4.07. The molecular formula is C16H15Cl2NO4S. The summed E-state index contributed by atoms with van der Waals surface area (Å²) in [6, 6.07) is 8.96. The fourth-order valence-electron chi connectivity index (χ4n) is 1.92. The van der Waals surface area contributed by atoms with Crippen LogP contribution in [0.3, 0.4) is 0 Å². The van der Waals surface area contributed by atoms with Gasteiger partial charge in [0.05, 0.1) is 10.5 Å². The molecule has 0 spiro atoms. The molecule has 2 aromatic carbocycles. The average Bonchev–Trinajstić information content (AvgIpc) is 2.49. The van der Waals surface area contributed by atoms with Crippen LogP contribution >= 0.6 is 22.3 Å². The first-order chi connectivity index (χ1) is 11.1. The second-order valence-electron chi connectivity index (χ2n) is 5.31. The van der Waals surface area contributed by atoms with Crippen molar-refractivity contribution in [2.75, 3.05) is 14.1 Å². The third kappa shape index (κ3) is 4.20. The molecule has 0 atom stereocenters. The Bertz CT molecular complexity index is 895. The first kappa shape index (κ1) is 18.6. The van der Waals surface area contributed by atoms with Gasteiger partial charge in [0.2, 0.25) is 0 Å². The van der Waals surface area contributed by atoms with Crippen LogP contribution in [-0.2, 0) is 9.05 Å². The molecule has 0 radical (unpaired) electrons. The first-order valence-electron chi connectivity index (χ1n) is 6.84. The van der Waals surface area contributed by atoms with Crippen LogP contribution < -0.4 is 4.74 Å². The lowest BCUT2D eigenvalue weighted by molar-refractivity contribution is 0.0825. The fourth-order valence-corrected chi connectivity index (χ4v) is 2.87. The van der Waals surface area contributed by atoms with Crippen molar-refractivity contribution in [1.82, 2.24) is 4.90 Å². The minimum absolute atomic E-state index is 0.0819. The number of hydrogen-bond donors (Lipinski definition) is 0. The fraction of sp³-hybridized carbons (Fsp3) is 0.188. The van der Waals surface area contributed by atoms with Gasteiger partial charge in [0.1, 0.15) is 11.5 Å². The average molecular weight is 388 g/mol. The minimum atomic E-state index is -3.96. The Morgan fingerprint density at radius 3 is 2.33 bits per heavy atom. The zero-order valence-electron chi connectivity index (χ0n) is 13.2. The predicted molar refractivity (Wildman–Crippen MR) is 93.8 cm³/mol. The molecule has 0 unspecified atom stereocenters. The number of carbonyl (C=O) groups excluding carboxylic acids is 1. The molecule has 5 nitrogen and oxygen atoms in total. The number of carbonyl (C=O) groups is 1. The van der Waals surface area contributed by atoms with E-state index in [1.165, 1.54) is 23.1 Å². The van der Waals surface area contributed by atoms with E-state index in [9.17, 15) is 13.2 Å². The summed E-state index contributed by atoms with van der Waals surface area (Å²) in [7, 11) is 4.50. The SMILES string of the molecule is Cc1ccc(Oc2ccc(S(=O)(=O)Cl)cc2C(=O)N(C)C)cc1Cl. The third-order valence-corrected chi connectivity index (χ3v) is 5.00. The van der Waals surface area contributed by atoms with E-state index < -0.39 is 15.0 Å². The van der Waals surface area contributed by atoms with Crippen LogP contribution in [0.15, 0.2) is 41.3 Å².